The van der Waals surface area contributed by atoms with Crippen LogP contribution in [0.4, 0.5) is 0 Å². The van der Waals surface area contributed by atoms with Crippen molar-refractivity contribution < 1.29 is 23.4 Å². The summed E-state index contributed by atoms with van der Waals surface area (Å²) in [7, 11) is 1.57. The van der Waals surface area contributed by atoms with Gasteiger partial charge in [0.1, 0.15) is 34.5 Å². The van der Waals surface area contributed by atoms with Crippen molar-refractivity contribution in [1.29, 1.82) is 5.26 Å². The summed E-state index contributed by atoms with van der Waals surface area (Å²) >= 11 is 3.49. The SMILES string of the molecule is COc1ccc(Br)cc1C1C(C#N)=C(N)Oc2cc(OC(=O)c3oc4ccc(C)cc4c3C)ccc21. The van der Waals surface area contributed by atoms with Crippen LogP contribution in [0.1, 0.15) is 38.7 Å². The van der Waals surface area contributed by atoms with Crippen molar-refractivity contribution in [2.45, 2.75) is 19.8 Å². The molecule has 2 heterocycles. The highest BCUT2D eigenvalue weighted by molar-refractivity contribution is 9.10. The summed E-state index contributed by atoms with van der Waals surface area (Å²) in [5, 5.41) is 10.7. The maximum absolute atomic E-state index is 13.0. The van der Waals surface area contributed by atoms with Crippen molar-refractivity contribution in [2.24, 2.45) is 5.73 Å². The molecule has 0 aliphatic carbocycles. The lowest BCUT2D eigenvalue weighted by atomic mass is 9.83. The van der Waals surface area contributed by atoms with Crippen molar-refractivity contribution in [3.05, 3.63) is 98.5 Å². The van der Waals surface area contributed by atoms with Crippen LogP contribution in [-0.4, -0.2) is 13.1 Å². The van der Waals surface area contributed by atoms with E-state index in [0.29, 0.717) is 28.2 Å². The van der Waals surface area contributed by atoms with E-state index >= 15 is 0 Å². The normalized spacial score (nSPS) is 14.7. The number of nitrogens with two attached hydrogens (primary N) is 1. The zero-order valence-electron chi connectivity index (χ0n) is 19.7. The van der Waals surface area contributed by atoms with Crippen LogP contribution in [0.15, 0.2) is 74.9 Å². The van der Waals surface area contributed by atoms with E-state index in [-0.39, 0.29) is 23.0 Å². The van der Waals surface area contributed by atoms with Crippen molar-refractivity contribution in [2.75, 3.05) is 7.11 Å². The fourth-order valence-electron chi connectivity index (χ4n) is 4.43. The van der Waals surface area contributed by atoms with Crippen molar-refractivity contribution >= 4 is 32.9 Å². The number of furan rings is 1. The molecule has 1 aromatic heterocycles. The first kappa shape index (κ1) is 23.5. The van der Waals surface area contributed by atoms with Crippen LogP contribution < -0.4 is 19.9 Å². The minimum Gasteiger partial charge on any atom is -0.496 e. The second-order valence-corrected chi connectivity index (χ2v) is 9.37. The van der Waals surface area contributed by atoms with Gasteiger partial charge in [-0.3, -0.25) is 0 Å². The van der Waals surface area contributed by atoms with Crippen LogP contribution in [0, 0.1) is 25.2 Å². The Kier molecular flexibility index (Phi) is 5.94. The fourth-order valence-corrected chi connectivity index (χ4v) is 4.81. The van der Waals surface area contributed by atoms with Gasteiger partial charge < -0.3 is 24.4 Å². The molecule has 0 saturated carbocycles. The number of carbonyl (C=O) groups excluding carboxylic acids is 1. The topological polar surface area (TPSA) is 108 Å². The second-order valence-electron chi connectivity index (χ2n) is 8.46. The smallest absolute Gasteiger partial charge is 0.379 e. The van der Waals surface area contributed by atoms with Gasteiger partial charge in [-0.05, 0) is 50.2 Å². The monoisotopic (exact) mass is 544 g/mol. The Morgan fingerprint density at radius 3 is 2.64 bits per heavy atom. The average molecular weight is 545 g/mol. The van der Waals surface area contributed by atoms with Crippen LogP contribution in [0.3, 0.4) is 0 Å². The number of esters is 1. The van der Waals surface area contributed by atoms with Crippen molar-refractivity contribution in [1.82, 2.24) is 0 Å². The molecule has 0 spiro atoms. The summed E-state index contributed by atoms with van der Waals surface area (Å²) in [6.45, 7) is 3.80. The van der Waals surface area contributed by atoms with E-state index in [0.717, 1.165) is 21.0 Å². The lowest BCUT2D eigenvalue weighted by molar-refractivity contribution is 0.0702. The molecule has 0 radical (unpaired) electrons. The van der Waals surface area contributed by atoms with E-state index in [4.69, 9.17) is 24.4 Å². The van der Waals surface area contributed by atoms with Gasteiger partial charge in [-0.15, -0.1) is 0 Å². The Labute approximate surface area is 215 Å². The third-order valence-electron chi connectivity index (χ3n) is 6.18. The molecule has 1 aliphatic heterocycles. The summed E-state index contributed by atoms with van der Waals surface area (Å²) in [5.74, 6) is 0.188. The molecule has 36 heavy (non-hydrogen) atoms. The largest absolute Gasteiger partial charge is 0.496 e. The predicted molar refractivity (Wildman–Crippen MR) is 137 cm³/mol. The van der Waals surface area contributed by atoms with Gasteiger partial charge >= 0.3 is 5.97 Å². The molecule has 2 N–H and O–H groups in total. The van der Waals surface area contributed by atoms with Crippen molar-refractivity contribution in [3.63, 3.8) is 0 Å². The van der Waals surface area contributed by atoms with Gasteiger partial charge in [0.25, 0.3) is 0 Å². The van der Waals surface area contributed by atoms with Gasteiger partial charge in [-0.2, -0.15) is 5.26 Å². The number of rotatable bonds is 4. The van der Waals surface area contributed by atoms with E-state index in [2.05, 4.69) is 22.0 Å². The van der Waals surface area contributed by atoms with Gasteiger partial charge in [0.05, 0.1) is 13.0 Å². The Balaban J connectivity index is 1.52. The van der Waals surface area contributed by atoms with E-state index < -0.39 is 11.9 Å². The molecule has 8 heteroatoms. The highest BCUT2D eigenvalue weighted by Crippen LogP contribution is 2.46. The van der Waals surface area contributed by atoms with Crippen LogP contribution in [0.25, 0.3) is 11.0 Å². The Morgan fingerprint density at radius 1 is 1.08 bits per heavy atom. The van der Waals surface area contributed by atoms with Crippen LogP contribution in [-0.2, 0) is 0 Å². The molecule has 7 nitrogen and oxygen atoms in total. The predicted octanol–water partition coefficient (Wildman–Crippen LogP) is 6.26. The summed E-state index contributed by atoms with van der Waals surface area (Å²) < 4.78 is 23.5. The van der Waals surface area contributed by atoms with Crippen LogP contribution in [0.5, 0.6) is 17.2 Å². The number of methoxy groups -OCH3 is 1. The van der Waals surface area contributed by atoms with Crippen LogP contribution >= 0.6 is 15.9 Å². The highest BCUT2D eigenvalue weighted by atomic mass is 79.9. The number of nitriles is 1. The second kappa shape index (κ2) is 9.10. The summed E-state index contributed by atoms with van der Waals surface area (Å²) in [5.41, 5.74) is 10.2. The number of hydrogen-bond donors (Lipinski definition) is 1. The Hall–Kier alpha value is -4.22. The first-order valence-electron chi connectivity index (χ1n) is 11.1. The third-order valence-corrected chi connectivity index (χ3v) is 6.67. The Bertz CT molecular complexity index is 1610. The van der Waals surface area contributed by atoms with Gasteiger partial charge in [-0.1, -0.05) is 33.6 Å². The minimum absolute atomic E-state index is 0.0241. The minimum atomic E-state index is -0.622. The van der Waals surface area contributed by atoms with Gasteiger partial charge in [0.2, 0.25) is 11.6 Å². The van der Waals surface area contributed by atoms with Gasteiger partial charge in [0.15, 0.2) is 0 Å². The van der Waals surface area contributed by atoms with Crippen LogP contribution in [0.2, 0.25) is 0 Å². The molecule has 3 aromatic carbocycles. The summed E-state index contributed by atoms with van der Waals surface area (Å²) in [6.07, 6.45) is 0. The number of benzene rings is 3. The molecule has 1 atom stereocenters. The molecule has 180 valence electrons. The lowest BCUT2D eigenvalue weighted by Crippen LogP contribution is -2.21. The van der Waals surface area contributed by atoms with Gasteiger partial charge in [-0.25, -0.2) is 4.79 Å². The number of nitrogens with zero attached hydrogens (tertiary/aromatic N) is 1. The molecule has 0 amide bonds. The molecule has 0 bridgehead atoms. The summed E-state index contributed by atoms with van der Waals surface area (Å²) in [6, 6.07) is 18.4. The van der Waals surface area contributed by atoms with E-state index in [1.54, 1.807) is 25.3 Å². The Morgan fingerprint density at radius 2 is 1.89 bits per heavy atom. The number of aryl methyl sites for hydroxylation is 2. The molecule has 1 aliphatic rings. The zero-order chi connectivity index (χ0) is 25.6. The van der Waals surface area contributed by atoms with Crippen molar-refractivity contribution in [3.8, 4) is 23.3 Å². The molecule has 5 rings (SSSR count). The number of ether oxygens (including phenoxy) is 3. The maximum atomic E-state index is 13.0. The first-order chi connectivity index (χ1) is 17.3. The van der Waals surface area contributed by atoms with E-state index in [9.17, 15) is 10.1 Å². The van der Waals surface area contributed by atoms with E-state index in [1.165, 1.54) is 0 Å². The quantitative estimate of drug-likeness (QED) is 0.238. The van der Waals surface area contributed by atoms with E-state index in [1.807, 2.05) is 50.2 Å². The zero-order valence-corrected chi connectivity index (χ0v) is 21.3. The number of halogens is 1. The molecule has 0 saturated heterocycles. The average Bonchev–Trinajstić information content (AvgIpc) is 3.18. The molecular formula is C28H21BrN2O5. The molecule has 4 aromatic rings. The first-order valence-corrected chi connectivity index (χ1v) is 11.9. The molecule has 0 fully saturated rings. The number of hydrogen-bond acceptors (Lipinski definition) is 7. The molecule has 1 unspecified atom stereocenters. The molecular weight excluding hydrogens is 524 g/mol. The number of carbonyl (C=O) groups is 1. The number of allylic oxidation sites excluding steroid dienone is 1. The van der Waals surface area contributed by atoms with Gasteiger partial charge in [0, 0.05) is 32.6 Å². The number of fused-ring (bicyclic) bond motifs is 2. The highest BCUT2D eigenvalue weighted by Gasteiger charge is 2.33. The lowest BCUT2D eigenvalue weighted by Gasteiger charge is -2.27. The fraction of sp³-hybridized carbons (Fsp3) is 0.143. The third kappa shape index (κ3) is 3.97. The maximum Gasteiger partial charge on any atom is 0.379 e. The standard InChI is InChI=1S/C28H21BrN2O5/c1-14-4-8-23-19(10-14)15(2)26(35-23)28(32)34-17-6-7-18-24(12-17)36-27(31)21(13-30)25(18)20-11-16(29)5-9-22(20)33-3/h4-12,25H,31H2,1-3H3. The summed E-state index contributed by atoms with van der Waals surface area (Å²) in [4.78, 5) is 13.0.